The van der Waals surface area contributed by atoms with Crippen molar-refractivity contribution in [2.75, 3.05) is 25.6 Å². The molecule has 2 aromatic carbocycles. The molecular formula is C19H22N2O4. The maximum absolute atomic E-state index is 12.1. The molecule has 0 aliphatic rings. The van der Waals surface area contributed by atoms with Gasteiger partial charge in [0, 0.05) is 5.56 Å². The molecule has 6 heteroatoms. The van der Waals surface area contributed by atoms with E-state index >= 15 is 0 Å². The molecule has 2 N–H and O–H groups in total. The highest BCUT2D eigenvalue weighted by atomic mass is 16.5. The lowest BCUT2D eigenvalue weighted by Crippen LogP contribution is -2.32. The van der Waals surface area contributed by atoms with Crippen LogP contribution in [0.15, 0.2) is 42.5 Å². The highest BCUT2D eigenvalue weighted by Gasteiger charge is 2.11. The van der Waals surface area contributed by atoms with Crippen molar-refractivity contribution in [1.82, 2.24) is 5.32 Å². The van der Waals surface area contributed by atoms with Gasteiger partial charge in [0.2, 0.25) is 5.91 Å². The van der Waals surface area contributed by atoms with E-state index in [1.807, 2.05) is 26.0 Å². The van der Waals surface area contributed by atoms with Crippen molar-refractivity contribution in [3.63, 3.8) is 0 Å². The van der Waals surface area contributed by atoms with Gasteiger partial charge in [0.15, 0.2) is 0 Å². The molecule has 0 unspecified atom stereocenters. The Bertz CT molecular complexity index is 742. The second-order valence-corrected chi connectivity index (χ2v) is 5.39. The summed E-state index contributed by atoms with van der Waals surface area (Å²) < 4.78 is 10.5. The van der Waals surface area contributed by atoms with Crippen LogP contribution in [-0.4, -0.2) is 32.1 Å². The number of amides is 2. The number of aryl methyl sites for hydroxylation is 1. The Balaban J connectivity index is 1.91. The number of hydrogen-bond donors (Lipinski definition) is 2. The molecule has 2 amide bonds. The van der Waals surface area contributed by atoms with Crippen LogP contribution >= 0.6 is 0 Å². The van der Waals surface area contributed by atoms with Crippen LogP contribution in [0.4, 0.5) is 5.69 Å². The van der Waals surface area contributed by atoms with Gasteiger partial charge in [0.1, 0.15) is 11.5 Å². The summed E-state index contributed by atoms with van der Waals surface area (Å²) in [7, 11) is 1.54. The molecule has 0 atom stereocenters. The molecule has 0 aliphatic carbocycles. The number of hydrogen-bond acceptors (Lipinski definition) is 4. The Morgan fingerprint density at radius 2 is 1.80 bits per heavy atom. The molecule has 132 valence electrons. The SMILES string of the molecule is CCOc1ccc(C(=O)NCC(=O)Nc2cc(C)ccc2OC)cc1. The lowest BCUT2D eigenvalue weighted by molar-refractivity contribution is -0.115. The molecule has 25 heavy (non-hydrogen) atoms. The number of carbonyl (C=O) groups excluding carboxylic acids is 2. The minimum absolute atomic E-state index is 0.136. The van der Waals surface area contributed by atoms with Gasteiger partial charge in [0.25, 0.3) is 5.91 Å². The van der Waals surface area contributed by atoms with Gasteiger partial charge in [-0.1, -0.05) is 6.07 Å². The van der Waals surface area contributed by atoms with Crippen molar-refractivity contribution >= 4 is 17.5 Å². The quantitative estimate of drug-likeness (QED) is 0.811. The molecule has 2 rings (SSSR count). The first kappa shape index (κ1) is 18.3. The number of methoxy groups -OCH3 is 1. The predicted octanol–water partition coefficient (Wildman–Crippen LogP) is 2.77. The van der Waals surface area contributed by atoms with Crippen LogP contribution in [0, 0.1) is 6.92 Å². The van der Waals surface area contributed by atoms with Crippen LogP contribution in [0.1, 0.15) is 22.8 Å². The predicted molar refractivity (Wildman–Crippen MR) is 96.3 cm³/mol. The number of ether oxygens (including phenoxy) is 2. The summed E-state index contributed by atoms with van der Waals surface area (Å²) in [4.78, 5) is 24.2. The zero-order chi connectivity index (χ0) is 18.2. The normalized spacial score (nSPS) is 10.0. The monoisotopic (exact) mass is 342 g/mol. The van der Waals surface area contributed by atoms with E-state index in [9.17, 15) is 9.59 Å². The molecule has 0 radical (unpaired) electrons. The van der Waals surface area contributed by atoms with E-state index in [4.69, 9.17) is 9.47 Å². The smallest absolute Gasteiger partial charge is 0.251 e. The van der Waals surface area contributed by atoms with Crippen molar-refractivity contribution in [2.45, 2.75) is 13.8 Å². The van der Waals surface area contributed by atoms with E-state index in [0.29, 0.717) is 29.4 Å². The zero-order valence-corrected chi connectivity index (χ0v) is 14.6. The third-order valence-corrected chi connectivity index (χ3v) is 3.47. The fourth-order valence-electron chi connectivity index (χ4n) is 2.25. The third-order valence-electron chi connectivity index (χ3n) is 3.47. The van der Waals surface area contributed by atoms with Gasteiger partial charge >= 0.3 is 0 Å². The largest absolute Gasteiger partial charge is 0.495 e. The Morgan fingerprint density at radius 1 is 1.08 bits per heavy atom. The fourth-order valence-corrected chi connectivity index (χ4v) is 2.25. The number of carbonyl (C=O) groups is 2. The minimum Gasteiger partial charge on any atom is -0.495 e. The molecule has 2 aromatic rings. The second kappa shape index (κ2) is 8.73. The molecule has 0 saturated carbocycles. The number of benzene rings is 2. The van der Waals surface area contributed by atoms with Crippen molar-refractivity contribution in [1.29, 1.82) is 0 Å². The Labute approximate surface area is 147 Å². The van der Waals surface area contributed by atoms with Gasteiger partial charge in [-0.3, -0.25) is 9.59 Å². The molecule has 0 aliphatic heterocycles. The van der Waals surface area contributed by atoms with Crippen LogP contribution in [-0.2, 0) is 4.79 Å². The van der Waals surface area contributed by atoms with Crippen LogP contribution < -0.4 is 20.1 Å². The third kappa shape index (κ3) is 5.24. The maximum atomic E-state index is 12.1. The minimum atomic E-state index is -0.330. The molecule has 0 saturated heterocycles. The topological polar surface area (TPSA) is 76.7 Å². The van der Waals surface area contributed by atoms with Gasteiger partial charge < -0.3 is 20.1 Å². The van der Waals surface area contributed by atoms with Crippen molar-refractivity contribution in [2.24, 2.45) is 0 Å². The summed E-state index contributed by atoms with van der Waals surface area (Å²) in [6.07, 6.45) is 0. The van der Waals surface area contributed by atoms with E-state index < -0.39 is 0 Å². The summed E-state index contributed by atoms with van der Waals surface area (Å²) in [6, 6.07) is 12.2. The first-order valence-corrected chi connectivity index (χ1v) is 7.99. The fraction of sp³-hybridized carbons (Fsp3) is 0.263. The van der Waals surface area contributed by atoms with Gasteiger partial charge in [-0.2, -0.15) is 0 Å². The number of anilines is 1. The van der Waals surface area contributed by atoms with Crippen LogP contribution in [0.25, 0.3) is 0 Å². The van der Waals surface area contributed by atoms with Gasteiger partial charge in [-0.05, 0) is 55.8 Å². The van der Waals surface area contributed by atoms with E-state index in [0.717, 1.165) is 5.56 Å². The molecule has 0 spiro atoms. The van der Waals surface area contributed by atoms with Crippen molar-refractivity contribution in [3.05, 3.63) is 53.6 Å². The first-order chi connectivity index (χ1) is 12.0. The molecule has 0 fully saturated rings. The van der Waals surface area contributed by atoms with Crippen molar-refractivity contribution in [3.8, 4) is 11.5 Å². The summed E-state index contributed by atoms with van der Waals surface area (Å²) in [5.41, 5.74) is 2.03. The van der Waals surface area contributed by atoms with Gasteiger partial charge in [-0.25, -0.2) is 0 Å². The van der Waals surface area contributed by atoms with Crippen LogP contribution in [0.2, 0.25) is 0 Å². The lowest BCUT2D eigenvalue weighted by Gasteiger charge is -2.11. The summed E-state index contributed by atoms with van der Waals surface area (Å²) in [5.74, 6) is 0.609. The van der Waals surface area contributed by atoms with E-state index in [2.05, 4.69) is 10.6 Å². The molecule has 0 aromatic heterocycles. The number of rotatable bonds is 7. The molecule has 0 heterocycles. The molecule has 6 nitrogen and oxygen atoms in total. The molecule has 0 bridgehead atoms. The summed E-state index contributed by atoms with van der Waals surface area (Å²) in [5, 5.41) is 5.33. The second-order valence-electron chi connectivity index (χ2n) is 5.39. The Morgan fingerprint density at radius 3 is 2.44 bits per heavy atom. The van der Waals surface area contributed by atoms with Crippen LogP contribution in [0.5, 0.6) is 11.5 Å². The van der Waals surface area contributed by atoms with Crippen molar-refractivity contribution < 1.29 is 19.1 Å². The number of nitrogens with one attached hydrogen (secondary N) is 2. The Hall–Kier alpha value is -3.02. The maximum Gasteiger partial charge on any atom is 0.251 e. The zero-order valence-electron chi connectivity index (χ0n) is 14.6. The first-order valence-electron chi connectivity index (χ1n) is 7.99. The lowest BCUT2D eigenvalue weighted by atomic mass is 10.2. The highest BCUT2D eigenvalue weighted by Crippen LogP contribution is 2.24. The van der Waals surface area contributed by atoms with E-state index in [-0.39, 0.29) is 18.4 Å². The Kier molecular flexibility index (Phi) is 6.39. The standard InChI is InChI=1S/C19H22N2O4/c1-4-25-15-8-6-14(7-9-15)19(23)20-12-18(22)21-16-11-13(2)5-10-17(16)24-3/h5-11H,4,12H2,1-3H3,(H,20,23)(H,21,22). The average Bonchev–Trinajstić information content (AvgIpc) is 2.61. The van der Waals surface area contributed by atoms with Crippen LogP contribution in [0.3, 0.4) is 0 Å². The summed E-state index contributed by atoms with van der Waals surface area (Å²) in [6.45, 7) is 4.24. The average molecular weight is 342 g/mol. The van der Waals surface area contributed by atoms with E-state index in [1.165, 1.54) is 7.11 Å². The molecular weight excluding hydrogens is 320 g/mol. The summed E-state index contributed by atoms with van der Waals surface area (Å²) >= 11 is 0. The van der Waals surface area contributed by atoms with Gasteiger partial charge in [0.05, 0.1) is 25.9 Å². The van der Waals surface area contributed by atoms with Gasteiger partial charge in [-0.15, -0.1) is 0 Å². The highest BCUT2D eigenvalue weighted by molar-refractivity contribution is 5.99. The van der Waals surface area contributed by atoms with E-state index in [1.54, 1.807) is 30.3 Å².